The Hall–Kier alpha value is -1.76. The zero-order valence-electron chi connectivity index (χ0n) is 11.2. The molecule has 114 valence electrons. The Labute approximate surface area is 119 Å². The van der Waals surface area contributed by atoms with Crippen LogP contribution in [0.3, 0.4) is 0 Å². The lowest BCUT2D eigenvalue weighted by molar-refractivity contribution is -0.124. The van der Waals surface area contributed by atoms with Crippen LogP contribution in [0.15, 0.2) is 18.2 Å². The summed E-state index contributed by atoms with van der Waals surface area (Å²) in [5.74, 6) is -3.27. The first-order valence-corrected chi connectivity index (χ1v) is 6.78. The molecular weight excluding hydrogens is 285 g/mol. The van der Waals surface area contributed by atoms with Crippen LogP contribution in [0.2, 0.25) is 0 Å². The fraction of sp³-hybridized carbons (Fsp3) is 0.500. The molecule has 0 spiro atoms. The molecular formula is C14H15F3N2O2. The highest BCUT2D eigenvalue weighted by molar-refractivity contribution is 5.82. The number of ether oxygens (including phenoxy) is 1. The number of carbonyl (C=O) groups excluding carboxylic acids is 1. The first-order valence-electron chi connectivity index (χ1n) is 6.78. The molecule has 1 aromatic carbocycles. The van der Waals surface area contributed by atoms with Crippen molar-refractivity contribution in [3.8, 4) is 5.75 Å². The summed E-state index contributed by atoms with van der Waals surface area (Å²) >= 11 is 0. The highest BCUT2D eigenvalue weighted by Crippen LogP contribution is 2.33. The second-order valence-corrected chi connectivity index (χ2v) is 5.37. The normalized spacial score (nSPS) is 26.8. The number of benzene rings is 1. The van der Waals surface area contributed by atoms with Gasteiger partial charge in [0.1, 0.15) is 11.6 Å². The Balaban J connectivity index is 1.72. The molecule has 7 heteroatoms. The Morgan fingerprint density at radius 3 is 2.95 bits per heavy atom. The summed E-state index contributed by atoms with van der Waals surface area (Å²) in [4.78, 5) is 12.1. The van der Waals surface area contributed by atoms with E-state index in [1.54, 1.807) is 0 Å². The Bertz CT molecular complexity index is 565. The third-order valence-corrected chi connectivity index (χ3v) is 3.75. The van der Waals surface area contributed by atoms with Gasteiger partial charge in [0.15, 0.2) is 0 Å². The van der Waals surface area contributed by atoms with Crippen molar-refractivity contribution in [2.24, 2.45) is 0 Å². The summed E-state index contributed by atoms with van der Waals surface area (Å²) in [6, 6.07) is 2.75. The summed E-state index contributed by atoms with van der Waals surface area (Å²) in [5, 5.41) is 5.20. The van der Waals surface area contributed by atoms with Crippen LogP contribution >= 0.6 is 0 Å². The zero-order chi connectivity index (χ0) is 15.0. The lowest BCUT2D eigenvalue weighted by atomic mass is 9.99. The SMILES string of the molecule is O=C(NC1CCOc2ccc(F)cc21)C1CC(F)(F)CN1. The van der Waals surface area contributed by atoms with Gasteiger partial charge >= 0.3 is 0 Å². The highest BCUT2D eigenvalue weighted by atomic mass is 19.3. The molecule has 2 heterocycles. The minimum Gasteiger partial charge on any atom is -0.493 e. The van der Waals surface area contributed by atoms with E-state index < -0.39 is 42.7 Å². The van der Waals surface area contributed by atoms with E-state index in [2.05, 4.69) is 10.6 Å². The molecule has 0 aromatic heterocycles. The van der Waals surface area contributed by atoms with Crippen molar-refractivity contribution in [1.82, 2.24) is 10.6 Å². The number of rotatable bonds is 2. The second-order valence-electron chi connectivity index (χ2n) is 5.37. The van der Waals surface area contributed by atoms with Crippen molar-refractivity contribution in [1.29, 1.82) is 0 Å². The minimum absolute atomic E-state index is 0.387. The number of carbonyl (C=O) groups is 1. The molecule has 0 radical (unpaired) electrons. The van der Waals surface area contributed by atoms with Gasteiger partial charge in [0.05, 0.1) is 25.2 Å². The highest BCUT2D eigenvalue weighted by Gasteiger charge is 2.42. The van der Waals surface area contributed by atoms with Crippen molar-refractivity contribution < 1.29 is 22.7 Å². The number of hydrogen-bond donors (Lipinski definition) is 2. The van der Waals surface area contributed by atoms with Crippen LogP contribution in [0.4, 0.5) is 13.2 Å². The van der Waals surface area contributed by atoms with Gasteiger partial charge in [-0.25, -0.2) is 13.2 Å². The predicted octanol–water partition coefficient (Wildman–Crippen LogP) is 1.76. The van der Waals surface area contributed by atoms with Gasteiger partial charge in [0, 0.05) is 18.4 Å². The van der Waals surface area contributed by atoms with E-state index in [0.29, 0.717) is 24.3 Å². The van der Waals surface area contributed by atoms with Gasteiger partial charge in [0.25, 0.3) is 5.92 Å². The van der Waals surface area contributed by atoms with Gasteiger partial charge in [-0.15, -0.1) is 0 Å². The number of amides is 1. The van der Waals surface area contributed by atoms with E-state index in [4.69, 9.17) is 4.74 Å². The number of halogens is 3. The molecule has 2 aliphatic heterocycles. The van der Waals surface area contributed by atoms with Gasteiger partial charge in [0.2, 0.25) is 5.91 Å². The standard InChI is InChI=1S/C14H15F3N2O2/c15-8-1-2-12-9(5-8)10(3-4-21-12)19-13(20)11-6-14(16,17)7-18-11/h1-2,5,10-11,18H,3-4,6-7H2,(H,19,20). The average Bonchev–Trinajstić information content (AvgIpc) is 2.80. The van der Waals surface area contributed by atoms with E-state index in [0.717, 1.165) is 0 Å². The van der Waals surface area contributed by atoms with E-state index in [1.807, 2.05) is 0 Å². The van der Waals surface area contributed by atoms with Crippen molar-refractivity contribution in [3.05, 3.63) is 29.6 Å². The van der Waals surface area contributed by atoms with Crippen molar-refractivity contribution >= 4 is 5.91 Å². The fourth-order valence-corrected chi connectivity index (χ4v) is 2.69. The molecule has 0 saturated carbocycles. The molecule has 0 bridgehead atoms. The second kappa shape index (κ2) is 5.22. The van der Waals surface area contributed by atoms with E-state index in [9.17, 15) is 18.0 Å². The van der Waals surface area contributed by atoms with E-state index >= 15 is 0 Å². The maximum absolute atomic E-state index is 13.3. The van der Waals surface area contributed by atoms with E-state index in [-0.39, 0.29) is 0 Å². The maximum Gasteiger partial charge on any atom is 0.262 e. The number of hydrogen-bond acceptors (Lipinski definition) is 3. The predicted molar refractivity (Wildman–Crippen MR) is 68.8 cm³/mol. The van der Waals surface area contributed by atoms with Gasteiger partial charge < -0.3 is 10.1 Å². The first-order chi connectivity index (χ1) is 9.94. The summed E-state index contributed by atoms with van der Waals surface area (Å²) in [6.45, 7) is -0.109. The summed E-state index contributed by atoms with van der Waals surface area (Å²) in [5.41, 5.74) is 0.541. The molecule has 2 aliphatic rings. The maximum atomic E-state index is 13.3. The van der Waals surface area contributed by atoms with Crippen LogP contribution in [0.5, 0.6) is 5.75 Å². The average molecular weight is 300 g/mol. The van der Waals surface area contributed by atoms with Crippen molar-refractivity contribution in [2.75, 3.05) is 13.2 Å². The summed E-state index contributed by atoms with van der Waals surface area (Å²) in [7, 11) is 0. The number of alkyl halides is 2. The molecule has 3 rings (SSSR count). The molecule has 4 nitrogen and oxygen atoms in total. The Morgan fingerprint density at radius 2 is 2.24 bits per heavy atom. The summed E-state index contributed by atoms with van der Waals surface area (Å²) < 4.78 is 44.9. The smallest absolute Gasteiger partial charge is 0.262 e. The topological polar surface area (TPSA) is 50.4 Å². The molecule has 2 unspecified atom stereocenters. The third-order valence-electron chi connectivity index (χ3n) is 3.75. The fourth-order valence-electron chi connectivity index (χ4n) is 2.69. The largest absolute Gasteiger partial charge is 0.493 e. The lowest BCUT2D eigenvalue weighted by Crippen LogP contribution is -2.43. The van der Waals surface area contributed by atoms with Crippen molar-refractivity contribution in [2.45, 2.75) is 30.8 Å². The van der Waals surface area contributed by atoms with Crippen LogP contribution in [0.25, 0.3) is 0 Å². The van der Waals surface area contributed by atoms with Gasteiger partial charge in [-0.3, -0.25) is 10.1 Å². The Morgan fingerprint density at radius 1 is 1.43 bits per heavy atom. The van der Waals surface area contributed by atoms with Crippen LogP contribution < -0.4 is 15.4 Å². The molecule has 0 aliphatic carbocycles. The molecule has 1 saturated heterocycles. The van der Waals surface area contributed by atoms with Crippen LogP contribution in [-0.2, 0) is 4.79 Å². The number of nitrogens with one attached hydrogen (secondary N) is 2. The summed E-state index contributed by atoms with van der Waals surface area (Å²) in [6.07, 6.45) is -0.0383. The molecule has 2 N–H and O–H groups in total. The van der Waals surface area contributed by atoms with Gasteiger partial charge in [-0.05, 0) is 18.2 Å². The molecule has 1 fully saturated rings. The zero-order valence-corrected chi connectivity index (χ0v) is 11.2. The molecule has 2 atom stereocenters. The molecule has 21 heavy (non-hydrogen) atoms. The first kappa shape index (κ1) is 14.2. The van der Waals surface area contributed by atoms with Crippen LogP contribution in [0.1, 0.15) is 24.4 Å². The molecule has 1 aromatic rings. The van der Waals surface area contributed by atoms with Gasteiger partial charge in [-0.1, -0.05) is 0 Å². The van der Waals surface area contributed by atoms with Crippen molar-refractivity contribution in [3.63, 3.8) is 0 Å². The number of fused-ring (bicyclic) bond motifs is 1. The lowest BCUT2D eigenvalue weighted by Gasteiger charge is -2.27. The van der Waals surface area contributed by atoms with Gasteiger partial charge in [-0.2, -0.15) is 0 Å². The molecule has 1 amide bonds. The Kier molecular flexibility index (Phi) is 3.52. The monoisotopic (exact) mass is 300 g/mol. The quantitative estimate of drug-likeness (QED) is 0.875. The van der Waals surface area contributed by atoms with Crippen LogP contribution in [0, 0.1) is 5.82 Å². The third kappa shape index (κ3) is 2.97. The minimum atomic E-state index is -2.86. The van der Waals surface area contributed by atoms with E-state index in [1.165, 1.54) is 18.2 Å². The van der Waals surface area contributed by atoms with Crippen LogP contribution in [-0.4, -0.2) is 31.0 Å².